The molecule has 0 fully saturated rings. The van der Waals surface area contributed by atoms with Crippen molar-refractivity contribution in [1.29, 1.82) is 0 Å². The number of halogens is 2. The Hall–Kier alpha value is -1.16. The van der Waals surface area contributed by atoms with Gasteiger partial charge in [-0.2, -0.15) is 0 Å². The van der Waals surface area contributed by atoms with Crippen LogP contribution in [0.5, 0.6) is 0 Å². The lowest BCUT2D eigenvalue weighted by atomic mass is 10.2. The molecule has 0 aromatic heterocycles. The first-order valence-corrected chi connectivity index (χ1v) is 4.63. The zero-order valence-corrected chi connectivity index (χ0v) is 9.05. The number of hydrogen-bond acceptors (Lipinski definition) is 2. The van der Waals surface area contributed by atoms with Crippen LogP contribution in [0.15, 0.2) is 28.7 Å². The maximum Gasteiger partial charge on any atom is 0.330 e. The third-order valence-electron chi connectivity index (χ3n) is 1.50. The van der Waals surface area contributed by atoms with Gasteiger partial charge in [-0.05, 0) is 29.8 Å². The molecule has 0 atom stereocenters. The van der Waals surface area contributed by atoms with Crippen LogP contribution in [0.1, 0.15) is 5.56 Å². The molecule has 14 heavy (non-hydrogen) atoms. The van der Waals surface area contributed by atoms with Gasteiger partial charge < -0.3 is 4.74 Å². The largest absolute Gasteiger partial charge is 0.466 e. The van der Waals surface area contributed by atoms with E-state index in [1.807, 2.05) is 0 Å². The molecule has 1 aromatic rings. The molecule has 0 heterocycles. The molecule has 0 spiro atoms. The molecule has 0 saturated heterocycles. The van der Waals surface area contributed by atoms with E-state index in [1.54, 1.807) is 6.07 Å². The van der Waals surface area contributed by atoms with E-state index < -0.39 is 5.97 Å². The summed E-state index contributed by atoms with van der Waals surface area (Å²) in [5.74, 6) is -0.825. The number of methoxy groups -OCH3 is 1. The van der Waals surface area contributed by atoms with E-state index in [1.165, 1.54) is 31.4 Å². The number of benzene rings is 1. The van der Waals surface area contributed by atoms with Crippen molar-refractivity contribution >= 4 is 28.0 Å². The van der Waals surface area contributed by atoms with Gasteiger partial charge in [0.25, 0.3) is 0 Å². The van der Waals surface area contributed by atoms with Gasteiger partial charge in [0.1, 0.15) is 5.82 Å². The smallest absolute Gasteiger partial charge is 0.330 e. The third kappa shape index (κ3) is 3.30. The number of carbonyl (C=O) groups is 1. The van der Waals surface area contributed by atoms with Crippen molar-refractivity contribution in [3.8, 4) is 0 Å². The van der Waals surface area contributed by atoms with Crippen molar-refractivity contribution in [3.63, 3.8) is 0 Å². The Labute approximate surface area is 89.5 Å². The maximum atomic E-state index is 12.9. The Morgan fingerprint density at radius 1 is 1.50 bits per heavy atom. The van der Waals surface area contributed by atoms with Crippen molar-refractivity contribution in [3.05, 3.63) is 40.1 Å². The molecule has 0 unspecified atom stereocenters. The second-order valence-electron chi connectivity index (χ2n) is 2.56. The molecule has 0 aliphatic rings. The molecule has 0 aliphatic carbocycles. The van der Waals surface area contributed by atoms with Gasteiger partial charge in [0.15, 0.2) is 0 Å². The van der Waals surface area contributed by atoms with Gasteiger partial charge >= 0.3 is 5.97 Å². The summed E-state index contributed by atoms with van der Waals surface area (Å²) in [6, 6.07) is 4.36. The van der Waals surface area contributed by atoms with Crippen LogP contribution < -0.4 is 0 Å². The fourth-order valence-electron chi connectivity index (χ4n) is 0.904. The van der Waals surface area contributed by atoms with E-state index in [2.05, 4.69) is 20.7 Å². The van der Waals surface area contributed by atoms with Crippen molar-refractivity contribution < 1.29 is 13.9 Å². The second-order valence-corrected chi connectivity index (χ2v) is 3.47. The highest BCUT2D eigenvalue weighted by atomic mass is 79.9. The van der Waals surface area contributed by atoms with Crippen LogP contribution in [0.25, 0.3) is 6.08 Å². The van der Waals surface area contributed by atoms with Gasteiger partial charge in [0.2, 0.25) is 0 Å². The summed E-state index contributed by atoms with van der Waals surface area (Å²) in [5.41, 5.74) is 0.599. The van der Waals surface area contributed by atoms with Gasteiger partial charge in [-0.25, -0.2) is 9.18 Å². The highest BCUT2D eigenvalue weighted by molar-refractivity contribution is 9.10. The topological polar surface area (TPSA) is 26.3 Å². The summed E-state index contributed by atoms with van der Waals surface area (Å²) in [7, 11) is 1.29. The molecule has 0 N–H and O–H groups in total. The highest BCUT2D eigenvalue weighted by Gasteiger charge is 1.97. The first-order chi connectivity index (χ1) is 6.61. The minimum atomic E-state index is -0.467. The second kappa shape index (κ2) is 4.91. The van der Waals surface area contributed by atoms with Crippen LogP contribution in [0, 0.1) is 5.82 Å². The first kappa shape index (κ1) is 10.9. The van der Waals surface area contributed by atoms with Gasteiger partial charge in [0, 0.05) is 10.5 Å². The number of hydrogen-bond donors (Lipinski definition) is 0. The van der Waals surface area contributed by atoms with Crippen molar-refractivity contribution in [2.24, 2.45) is 0 Å². The Kier molecular flexibility index (Phi) is 3.83. The summed E-state index contributed by atoms with van der Waals surface area (Å²) in [6.45, 7) is 0. The van der Waals surface area contributed by atoms with Crippen molar-refractivity contribution in [2.75, 3.05) is 7.11 Å². The van der Waals surface area contributed by atoms with Gasteiger partial charge in [-0.15, -0.1) is 0 Å². The summed E-state index contributed by atoms with van der Waals surface area (Å²) in [5, 5.41) is 0. The van der Waals surface area contributed by atoms with Crippen LogP contribution in [-0.2, 0) is 9.53 Å². The van der Waals surface area contributed by atoms with Crippen molar-refractivity contribution in [1.82, 2.24) is 0 Å². The van der Waals surface area contributed by atoms with Crippen LogP contribution in [-0.4, -0.2) is 13.1 Å². The molecule has 74 valence electrons. The molecule has 0 radical (unpaired) electrons. The number of carbonyl (C=O) groups excluding carboxylic acids is 1. The Morgan fingerprint density at radius 3 is 2.79 bits per heavy atom. The van der Waals surface area contributed by atoms with Crippen LogP contribution in [0.4, 0.5) is 4.39 Å². The molecular formula is C10H8BrFO2. The number of rotatable bonds is 2. The molecule has 1 aromatic carbocycles. The SMILES string of the molecule is COC(=O)/C=C/c1cc(F)cc(Br)c1. The number of ether oxygens (including phenoxy) is 1. The molecule has 0 bridgehead atoms. The van der Waals surface area contributed by atoms with E-state index in [0.717, 1.165) is 0 Å². The van der Waals surface area contributed by atoms with E-state index >= 15 is 0 Å². The monoisotopic (exact) mass is 258 g/mol. The lowest BCUT2D eigenvalue weighted by Crippen LogP contribution is -1.93. The molecular weight excluding hydrogens is 251 g/mol. The summed E-state index contributed by atoms with van der Waals surface area (Å²) in [4.78, 5) is 10.7. The first-order valence-electron chi connectivity index (χ1n) is 3.84. The lowest BCUT2D eigenvalue weighted by molar-refractivity contribution is -0.134. The van der Waals surface area contributed by atoms with E-state index in [0.29, 0.717) is 10.0 Å². The zero-order chi connectivity index (χ0) is 10.6. The van der Waals surface area contributed by atoms with E-state index in [4.69, 9.17) is 0 Å². The van der Waals surface area contributed by atoms with Crippen LogP contribution in [0.2, 0.25) is 0 Å². The van der Waals surface area contributed by atoms with Gasteiger partial charge in [0.05, 0.1) is 7.11 Å². The summed E-state index contributed by atoms with van der Waals surface area (Å²) in [6.07, 6.45) is 2.72. The van der Waals surface area contributed by atoms with Crippen LogP contribution >= 0.6 is 15.9 Å². The molecule has 0 aliphatic heterocycles. The normalized spacial score (nSPS) is 10.5. The molecule has 4 heteroatoms. The fraction of sp³-hybridized carbons (Fsp3) is 0.100. The Balaban J connectivity index is 2.86. The molecule has 0 amide bonds. The maximum absolute atomic E-state index is 12.9. The number of esters is 1. The standard InChI is InChI=1S/C10H8BrFO2/c1-14-10(13)3-2-7-4-8(11)6-9(12)5-7/h2-6H,1H3/b3-2+. The fourth-order valence-corrected chi connectivity index (χ4v) is 1.39. The Morgan fingerprint density at radius 2 is 2.21 bits per heavy atom. The summed E-state index contributed by atoms with van der Waals surface area (Å²) >= 11 is 3.15. The van der Waals surface area contributed by atoms with Crippen LogP contribution in [0.3, 0.4) is 0 Å². The van der Waals surface area contributed by atoms with E-state index in [-0.39, 0.29) is 5.82 Å². The highest BCUT2D eigenvalue weighted by Crippen LogP contribution is 2.15. The molecule has 0 saturated carbocycles. The van der Waals surface area contributed by atoms with Gasteiger partial charge in [-0.1, -0.05) is 15.9 Å². The minimum Gasteiger partial charge on any atom is -0.466 e. The van der Waals surface area contributed by atoms with E-state index in [9.17, 15) is 9.18 Å². The lowest BCUT2D eigenvalue weighted by Gasteiger charge is -1.96. The van der Waals surface area contributed by atoms with Crippen molar-refractivity contribution in [2.45, 2.75) is 0 Å². The molecule has 1 rings (SSSR count). The molecule has 2 nitrogen and oxygen atoms in total. The summed E-state index contributed by atoms with van der Waals surface area (Å²) < 4.78 is 17.9. The average Bonchev–Trinajstić information content (AvgIpc) is 2.12. The predicted octanol–water partition coefficient (Wildman–Crippen LogP) is 2.77. The van der Waals surface area contributed by atoms with Gasteiger partial charge in [-0.3, -0.25) is 0 Å². The predicted molar refractivity (Wildman–Crippen MR) is 55.2 cm³/mol. The minimum absolute atomic E-state index is 0.358. The quantitative estimate of drug-likeness (QED) is 0.603. The zero-order valence-electron chi connectivity index (χ0n) is 7.46. The average molecular weight is 259 g/mol. The Bertz CT molecular complexity index is 354. The third-order valence-corrected chi connectivity index (χ3v) is 1.96.